The van der Waals surface area contributed by atoms with E-state index in [4.69, 9.17) is 0 Å². The molecule has 1 aliphatic heterocycles. The first-order valence-corrected chi connectivity index (χ1v) is 4.48. The van der Waals surface area contributed by atoms with Gasteiger partial charge in [-0.05, 0) is 0 Å². The van der Waals surface area contributed by atoms with E-state index < -0.39 is 23.9 Å². The first-order chi connectivity index (χ1) is 6.63. The van der Waals surface area contributed by atoms with Crippen molar-refractivity contribution in [3.05, 3.63) is 17.7 Å². The molecule has 0 radical (unpaired) electrons. The van der Waals surface area contributed by atoms with Crippen molar-refractivity contribution in [2.75, 3.05) is 0 Å². The average molecular weight is 222 g/mol. The molecular weight excluding hydrogens is 217 g/mol. The summed E-state index contributed by atoms with van der Waals surface area (Å²) >= 11 is 0. The lowest BCUT2D eigenvalue weighted by Gasteiger charge is -2.06. The summed E-state index contributed by atoms with van der Waals surface area (Å²) in [5.74, 6) is -3.22. The number of hydrogen-bond acceptors (Lipinski definition) is 3. The molecule has 1 aliphatic rings. The zero-order valence-corrected chi connectivity index (χ0v) is 9.01. The summed E-state index contributed by atoms with van der Waals surface area (Å²) in [6.07, 6.45) is 0. The van der Waals surface area contributed by atoms with Gasteiger partial charge in [0.05, 0.1) is 0 Å². The molecule has 0 amide bonds. The van der Waals surface area contributed by atoms with Gasteiger partial charge in [-0.1, -0.05) is 0 Å². The van der Waals surface area contributed by atoms with Gasteiger partial charge < -0.3 is 13.9 Å². The highest BCUT2D eigenvalue weighted by Crippen LogP contribution is 2.45. The van der Waals surface area contributed by atoms with Crippen molar-refractivity contribution in [2.24, 2.45) is 0 Å². The largest absolute Gasteiger partial charge is 0.549 e. The lowest BCUT2D eigenvalue weighted by molar-refractivity contribution is -0.0656. The summed E-state index contributed by atoms with van der Waals surface area (Å²) in [4.78, 5) is 0. The molecule has 0 spiro atoms. The molecule has 0 aliphatic carbocycles. The van der Waals surface area contributed by atoms with E-state index in [0.29, 0.717) is 6.07 Å². The van der Waals surface area contributed by atoms with Crippen molar-refractivity contribution < 1.29 is 27.1 Å². The van der Waals surface area contributed by atoms with Crippen LogP contribution in [0.15, 0.2) is 6.07 Å². The summed E-state index contributed by atoms with van der Waals surface area (Å²) in [5, 5.41) is 0. The predicted octanol–water partition coefficient (Wildman–Crippen LogP) is 0.648. The molecular formula is C7H5F3O3Si. The van der Waals surface area contributed by atoms with Crippen molar-refractivity contribution in [3.63, 3.8) is 0 Å². The van der Waals surface area contributed by atoms with Gasteiger partial charge in [0.25, 0.3) is 0 Å². The van der Waals surface area contributed by atoms with Crippen LogP contribution in [-0.2, 0) is 0 Å². The van der Waals surface area contributed by atoms with Gasteiger partial charge in [-0.25, -0.2) is 4.39 Å². The van der Waals surface area contributed by atoms with Gasteiger partial charge in [0.15, 0.2) is 17.3 Å². The van der Waals surface area contributed by atoms with Gasteiger partial charge >= 0.3 is 6.54 Å². The third-order valence-corrected chi connectivity index (χ3v) is 2.14. The minimum absolute atomic E-state index is 0.131. The zero-order valence-electron chi connectivity index (χ0n) is 7.01. The van der Waals surface area contributed by atoms with E-state index in [0.717, 1.165) is 0 Å². The predicted molar refractivity (Wildman–Crippen MR) is 43.1 cm³/mol. The van der Waals surface area contributed by atoms with E-state index in [2.05, 4.69) is 13.9 Å². The fourth-order valence-electron chi connectivity index (χ4n) is 1.16. The molecule has 1 aromatic rings. The molecule has 76 valence electrons. The summed E-state index contributed by atoms with van der Waals surface area (Å²) in [7, 11) is 0.131. The molecule has 0 fully saturated rings. The number of benzene rings is 1. The van der Waals surface area contributed by atoms with E-state index in [1.807, 2.05) is 0 Å². The molecule has 0 bridgehead atoms. The van der Waals surface area contributed by atoms with Gasteiger partial charge in [0.2, 0.25) is 22.1 Å². The van der Waals surface area contributed by atoms with Crippen LogP contribution in [0.25, 0.3) is 0 Å². The smallest absolute Gasteiger partial charge is 0.397 e. The SMILES string of the molecule is Fc1cc2c(c(O[SiH3])c1F)OC(F)O2. The van der Waals surface area contributed by atoms with Crippen LogP contribution in [0.4, 0.5) is 13.2 Å². The van der Waals surface area contributed by atoms with Crippen LogP contribution >= 0.6 is 0 Å². The maximum absolute atomic E-state index is 13.0. The van der Waals surface area contributed by atoms with Crippen LogP contribution in [-0.4, -0.2) is 17.0 Å². The molecule has 0 saturated carbocycles. The second-order valence-corrected chi connectivity index (χ2v) is 2.95. The third-order valence-electron chi connectivity index (χ3n) is 1.73. The maximum Gasteiger partial charge on any atom is 0.397 e. The van der Waals surface area contributed by atoms with Crippen molar-refractivity contribution in [1.82, 2.24) is 0 Å². The minimum Gasteiger partial charge on any atom is -0.549 e. The fraction of sp³-hybridized carbons (Fsp3) is 0.143. The third kappa shape index (κ3) is 1.20. The average Bonchev–Trinajstić information content (AvgIpc) is 2.47. The van der Waals surface area contributed by atoms with E-state index in [-0.39, 0.29) is 22.0 Å². The lowest BCUT2D eigenvalue weighted by Crippen LogP contribution is -2.09. The van der Waals surface area contributed by atoms with Crippen LogP contribution in [0.2, 0.25) is 0 Å². The van der Waals surface area contributed by atoms with Gasteiger partial charge in [-0.3, -0.25) is 0 Å². The number of ether oxygens (including phenoxy) is 2. The van der Waals surface area contributed by atoms with Crippen LogP contribution in [0.5, 0.6) is 17.2 Å². The van der Waals surface area contributed by atoms with Gasteiger partial charge in [0, 0.05) is 6.07 Å². The minimum atomic E-state index is -2.04. The summed E-state index contributed by atoms with van der Waals surface area (Å²) in [5.41, 5.74) is 0. The number of alkyl halides is 1. The summed E-state index contributed by atoms with van der Waals surface area (Å²) in [6, 6.07) is 0.717. The Labute approximate surface area is 79.9 Å². The lowest BCUT2D eigenvalue weighted by atomic mass is 10.3. The van der Waals surface area contributed by atoms with Gasteiger partial charge in [0.1, 0.15) is 0 Å². The number of rotatable bonds is 1. The van der Waals surface area contributed by atoms with Gasteiger partial charge in [-0.2, -0.15) is 8.78 Å². The normalized spacial score (nSPS) is 18.6. The molecule has 7 heteroatoms. The Hall–Kier alpha value is -1.37. The summed E-state index contributed by atoms with van der Waals surface area (Å²) < 4.78 is 52.0. The van der Waals surface area contributed by atoms with Crippen LogP contribution < -0.4 is 13.9 Å². The van der Waals surface area contributed by atoms with Crippen molar-refractivity contribution in [3.8, 4) is 17.2 Å². The van der Waals surface area contributed by atoms with Crippen molar-refractivity contribution in [2.45, 2.75) is 6.54 Å². The van der Waals surface area contributed by atoms with Gasteiger partial charge in [-0.15, -0.1) is 0 Å². The Morgan fingerprint density at radius 1 is 1.36 bits per heavy atom. The number of halogens is 3. The topological polar surface area (TPSA) is 27.7 Å². The number of hydrogen-bond donors (Lipinski definition) is 0. The first-order valence-electron chi connectivity index (χ1n) is 3.67. The molecule has 14 heavy (non-hydrogen) atoms. The van der Waals surface area contributed by atoms with Crippen LogP contribution in [0.3, 0.4) is 0 Å². The molecule has 0 aromatic heterocycles. The Balaban J connectivity index is 2.59. The molecule has 1 unspecified atom stereocenters. The molecule has 1 heterocycles. The molecule has 1 aromatic carbocycles. The highest BCUT2D eigenvalue weighted by atomic mass is 28.2. The molecule has 1 atom stereocenters. The molecule has 0 N–H and O–H groups in total. The fourth-order valence-corrected chi connectivity index (χ4v) is 1.53. The van der Waals surface area contributed by atoms with E-state index in [1.54, 1.807) is 0 Å². The van der Waals surface area contributed by atoms with E-state index in [1.165, 1.54) is 0 Å². The zero-order chi connectivity index (χ0) is 10.3. The molecule has 2 rings (SSSR count). The van der Waals surface area contributed by atoms with Crippen molar-refractivity contribution >= 4 is 10.5 Å². The Kier molecular flexibility index (Phi) is 2.03. The Bertz CT molecular complexity index is 385. The highest BCUT2D eigenvalue weighted by Gasteiger charge is 2.31. The first kappa shape index (κ1) is 9.19. The van der Waals surface area contributed by atoms with Crippen molar-refractivity contribution in [1.29, 1.82) is 0 Å². The maximum atomic E-state index is 13.0. The molecule has 0 saturated heterocycles. The Morgan fingerprint density at radius 2 is 2.07 bits per heavy atom. The summed E-state index contributed by atoms with van der Waals surface area (Å²) in [6.45, 7) is -2.04. The van der Waals surface area contributed by atoms with E-state index in [9.17, 15) is 13.2 Å². The molecule has 3 nitrogen and oxygen atoms in total. The van der Waals surface area contributed by atoms with Crippen LogP contribution in [0, 0.1) is 11.6 Å². The van der Waals surface area contributed by atoms with Crippen LogP contribution in [0.1, 0.15) is 0 Å². The number of fused-ring (bicyclic) bond motifs is 1. The Morgan fingerprint density at radius 3 is 2.71 bits per heavy atom. The van der Waals surface area contributed by atoms with E-state index >= 15 is 0 Å². The monoisotopic (exact) mass is 222 g/mol. The second kappa shape index (κ2) is 3.09. The quantitative estimate of drug-likeness (QED) is 0.653. The standard InChI is InChI=1S/C7H5F3O3Si/c8-2-1-3-5(12-7(10)11-3)6(13-14)4(2)9/h1,7H,14H3. The second-order valence-electron chi connectivity index (χ2n) is 2.54. The highest BCUT2D eigenvalue weighted by molar-refractivity contribution is 6.00.